The maximum atomic E-state index is 5.90. The predicted molar refractivity (Wildman–Crippen MR) is 65.3 cm³/mol. The van der Waals surface area contributed by atoms with Crippen LogP contribution in [0, 0.1) is 34.5 Å². The second-order valence-corrected chi connectivity index (χ2v) is 6.26. The zero-order valence-electron chi connectivity index (χ0n) is 10.3. The minimum Gasteiger partial charge on any atom is -0.119 e. The zero-order chi connectivity index (χ0) is 11.3. The van der Waals surface area contributed by atoms with Gasteiger partial charge in [-0.1, -0.05) is 32.8 Å². The smallest absolute Gasteiger partial charge is 0.0453 e. The highest BCUT2D eigenvalue weighted by Crippen LogP contribution is 2.73. The van der Waals surface area contributed by atoms with Gasteiger partial charge in [0.05, 0.1) is 0 Å². The number of rotatable bonds is 2. The Morgan fingerprint density at radius 2 is 2.13 bits per heavy atom. The van der Waals surface area contributed by atoms with Crippen LogP contribution >= 0.6 is 0 Å². The Hall–Kier alpha value is -0.700. The van der Waals surface area contributed by atoms with Crippen LogP contribution in [-0.2, 0) is 0 Å². The van der Waals surface area contributed by atoms with Crippen LogP contribution in [0.1, 0.15) is 46.5 Å². The van der Waals surface area contributed by atoms with Crippen molar-refractivity contribution in [2.45, 2.75) is 46.5 Å². The van der Waals surface area contributed by atoms with Gasteiger partial charge in [-0.2, -0.15) is 0 Å². The number of hydrogen-bond acceptors (Lipinski definition) is 0. The molecule has 0 nitrogen and oxygen atoms in total. The number of fused-ring (bicyclic) bond motifs is 2. The summed E-state index contributed by atoms with van der Waals surface area (Å²) in [4.78, 5) is 0. The van der Waals surface area contributed by atoms with Gasteiger partial charge < -0.3 is 0 Å². The van der Waals surface area contributed by atoms with E-state index in [0.717, 1.165) is 12.3 Å². The largest absolute Gasteiger partial charge is 0.119 e. The van der Waals surface area contributed by atoms with Crippen molar-refractivity contribution in [1.29, 1.82) is 0 Å². The fourth-order valence-electron chi connectivity index (χ4n) is 4.52. The number of allylic oxidation sites excluding steroid dienone is 1. The van der Waals surface area contributed by atoms with E-state index >= 15 is 0 Å². The monoisotopic (exact) mass is 202 g/mol. The molecule has 0 aromatic rings. The average molecular weight is 202 g/mol. The van der Waals surface area contributed by atoms with E-state index in [0.29, 0.717) is 5.41 Å². The van der Waals surface area contributed by atoms with Gasteiger partial charge in [0.1, 0.15) is 0 Å². The summed E-state index contributed by atoms with van der Waals surface area (Å²) in [6, 6.07) is 0. The zero-order valence-corrected chi connectivity index (χ0v) is 10.3. The van der Waals surface area contributed by atoms with Crippen molar-refractivity contribution in [3.8, 4) is 12.3 Å². The molecule has 0 aromatic carbocycles. The van der Waals surface area contributed by atoms with E-state index in [9.17, 15) is 0 Å². The molecule has 0 heteroatoms. The summed E-state index contributed by atoms with van der Waals surface area (Å²) < 4.78 is 0. The molecule has 2 aliphatic rings. The molecule has 0 spiro atoms. The molecule has 0 radical (unpaired) electrons. The Kier molecular flexibility index (Phi) is 2.10. The van der Waals surface area contributed by atoms with Crippen molar-refractivity contribution >= 4 is 0 Å². The highest BCUT2D eigenvalue weighted by molar-refractivity contribution is 5.28. The van der Waals surface area contributed by atoms with Crippen molar-refractivity contribution in [2.24, 2.45) is 22.2 Å². The quantitative estimate of drug-likeness (QED) is 0.468. The highest BCUT2D eigenvalue weighted by atomic mass is 14.7. The van der Waals surface area contributed by atoms with E-state index in [4.69, 9.17) is 6.42 Å². The van der Waals surface area contributed by atoms with E-state index in [1.54, 1.807) is 0 Å². The van der Waals surface area contributed by atoms with Gasteiger partial charge >= 0.3 is 0 Å². The molecule has 0 heterocycles. The lowest BCUT2D eigenvalue weighted by molar-refractivity contribution is 0.0115. The molecule has 2 rings (SSSR count). The minimum atomic E-state index is 0.0463. The Bertz CT molecular complexity index is 324. The first-order valence-electron chi connectivity index (χ1n) is 6.02. The van der Waals surface area contributed by atoms with Crippen molar-refractivity contribution in [3.05, 3.63) is 12.7 Å². The summed E-state index contributed by atoms with van der Waals surface area (Å²) in [6.07, 6.45) is 12.9. The summed E-state index contributed by atoms with van der Waals surface area (Å²) >= 11 is 0. The van der Waals surface area contributed by atoms with Gasteiger partial charge in [0.25, 0.3) is 0 Å². The fraction of sp³-hybridized carbons (Fsp3) is 0.733. The minimum absolute atomic E-state index is 0.0463. The molecule has 0 saturated heterocycles. The predicted octanol–water partition coefficient (Wildman–Crippen LogP) is 4.03. The third-order valence-electron chi connectivity index (χ3n) is 5.59. The van der Waals surface area contributed by atoms with E-state index in [1.807, 2.05) is 6.08 Å². The first-order chi connectivity index (χ1) is 6.93. The molecular formula is C15H22. The Balaban J connectivity index is 2.53. The normalized spacial score (nSPS) is 46.4. The molecule has 3 atom stereocenters. The van der Waals surface area contributed by atoms with Crippen LogP contribution in [0.3, 0.4) is 0 Å². The molecule has 2 bridgehead atoms. The third-order valence-corrected chi connectivity index (χ3v) is 5.59. The Morgan fingerprint density at radius 3 is 2.53 bits per heavy atom. The SMILES string of the molecule is C#CC1(CC=C)C(C)(C)[C@H]2CC[C@]1(C)C2. The maximum Gasteiger partial charge on any atom is 0.0453 e. The summed E-state index contributed by atoms with van der Waals surface area (Å²) in [6.45, 7) is 11.0. The Labute approximate surface area is 94.1 Å². The lowest BCUT2D eigenvalue weighted by atomic mass is 9.52. The van der Waals surface area contributed by atoms with Gasteiger partial charge in [-0.3, -0.25) is 0 Å². The van der Waals surface area contributed by atoms with Crippen molar-refractivity contribution < 1.29 is 0 Å². The lowest BCUT2D eigenvalue weighted by Crippen LogP contribution is -2.46. The maximum absolute atomic E-state index is 5.90. The molecule has 1 unspecified atom stereocenters. The van der Waals surface area contributed by atoms with Crippen LogP contribution in [-0.4, -0.2) is 0 Å². The van der Waals surface area contributed by atoms with Crippen LogP contribution in [0.15, 0.2) is 12.7 Å². The van der Waals surface area contributed by atoms with E-state index in [-0.39, 0.29) is 10.8 Å². The van der Waals surface area contributed by atoms with Gasteiger partial charge in [0.15, 0.2) is 0 Å². The second-order valence-electron chi connectivity index (χ2n) is 6.26. The van der Waals surface area contributed by atoms with Gasteiger partial charge in [-0.15, -0.1) is 13.0 Å². The Morgan fingerprint density at radius 1 is 1.47 bits per heavy atom. The third kappa shape index (κ3) is 0.996. The van der Waals surface area contributed by atoms with Gasteiger partial charge in [0.2, 0.25) is 0 Å². The summed E-state index contributed by atoms with van der Waals surface area (Å²) in [5.41, 5.74) is 0.678. The highest BCUT2D eigenvalue weighted by Gasteiger charge is 2.67. The molecule has 0 amide bonds. The van der Waals surface area contributed by atoms with E-state index in [1.165, 1.54) is 19.3 Å². The van der Waals surface area contributed by atoms with Crippen LogP contribution in [0.25, 0.3) is 0 Å². The molecular weight excluding hydrogens is 180 g/mol. The van der Waals surface area contributed by atoms with Crippen LogP contribution in [0.4, 0.5) is 0 Å². The fourth-order valence-corrected chi connectivity index (χ4v) is 4.52. The second kappa shape index (κ2) is 2.91. The van der Waals surface area contributed by atoms with Crippen molar-refractivity contribution in [1.82, 2.24) is 0 Å². The van der Waals surface area contributed by atoms with Crippen molar-refractivity contribution in [2.75, 3.05) is 0 Å². The molecule has 0 N–H and O–H groups in total. The molecule has 2 fully saturated rings. The molecule has 15 heavy (non-hydrogen) atoms. The molecule has 0 aliphatic heterocycles. The molecule has 0 aromatic heterocycles. The van der Waals surface area contributed by atoms with Crippen LogP contribution in [0.5, 0.6) is 0 Å². The van der Waals surface area contributed by atoms with Gasteiger partial charge in [-0.05, 0) is 42.4 Å². The standard InChI is InChI=1S/C15H22/c1-6-9-15(7-2)13(3,4)12-8-10-14(15,5)11-12/h2,6,12H,1,8-11H2,3-5H3/t12-,14+,15?/m0/s1. The first kappa shape index (κ1) is 10.8. The molecule has 82 valence electrons. The van der Waals surface area contributed by atoms with E-state index < -0.39 is 0 Å². The number of terminal acetylenes is 1. The number of hydrogen-bond donors (Lipinski definition) is 0. The summed E-state index contributed by atoms with van der Waals surface area (Å²) in [7, 11) is 0. The van der Waals surface area contributed by atoms with Crippen LogP contribution < -0.4 is 0 Å². The van der Waals surface area contributed by atoms with Crippen molar-refractivity contribution in [3.63, 3.8) is 0 Å². The average Bonchev–Trinajstić information content (AvgIpc) is 2.63. The lowest BCUT2D eigenvalue weighted by Gasteiger charge is -2.51. The summed E-state index contributed by atoms with van der Waals surface area (Å²) in [5.74, 6) is 3.99. The topological polar surface area (TPSA) is 0 Å². The first-order valence-corrected chi connectivity index (χ1v) is 6.02. The van der Waals surface area contributed by atoms with Gasteiger partial charge in [0, 0.05) is 5.41 Å². The van der Waals surface area contributed by atoms with Gasteiger partial charge in [-0.25, -0.2) is 0 Å². The van der Waals surface area contributed by atoms with Crippen LogP contribution in [0.2, 0.25) is 0 Å². The van der Waals surface area contributed by atoms with E-state index in [2.05, 4.69) is 33.3 Å². The molecule has 2 saturated carbocycles. The summed E-state index contributed by atoms with van der Waals surface area (Å²) in [5, 5.41) is 0. The molecule has 2 aliphatic carbocycles.